The molecule has 0 atom stereocenters. The SMILES string of the molecule is C#CCCn1ncc2ccccc21. The first-order valence-corrected chi connectivity index (χ1v) is 4.26. The van der Waals surface area contributed by atoms with Crippen molar-refractivity contribution in [3.05, 3.63) is 30.5 Å². The van der Waals surface area contributed by atoms with Gasteiger partial charge in [-0.05, 0) is 6.07 Å². The molecule has 2 heteroatoms. The maximum Gasteiger partial charge on any atom is 0.0682 e. The molecule has 0 fully saturated rings. The zero-order valence-corrected chi connectivity index (χ0v) is 7.27. The maximum atomic E-state index is 5.20. The Morgan fingerprint density at radius 2 is 2.23 bits per heavy atom. The molecule has 2 aromatic rings. The molecule has 2 nitrogen and oxygen atoms in total. The van der Waals surface area contributed by atoms with Gasteiger partial charge in [-0.3, -0.25) is 4.68 Å². The lowest BCUT2D eigenvalue weighted by molar-refractivity contribution is 0.652. The molecule has 0 bridgehead atoms. The summed E-state index contributed by atoms with van der Waals surface area (Å²) in [5, 5.41) is 5.42. The molecule has 0 N–H and O–H groups in total. The third kappa shape index (κ3) is 1.41. The van der Waals surface area contributed by atoms with E-state index in [1.807, 2.05) is 23.0 Å². The van der Waals surface area contributed by atoms with E-state index in [0.717, 1.165) is 18.5 Å². The highest BCUT2D eigenvalue weighted by Crippen LogP contribution is 2.12. The van der Waals surface area contributed by atoms with Gasteiger partial charge in [-0.15, -0.1) is 12.3 Å². The second-order valence-electron chi connectivity index (χ2n) is 2.88. The molecular weight excluding hydrogens is 160 g/mol. The normalized spacial score (nSPS) is 10.1. The van der Waals surface area contributed by atoms with Crippen molar-refractivity contribution < 1.29 is 0 Å². The molecule has 0 aliphatic heterocycles. The number of hydrogen-bond donors (Lipinski definition) is 0. The highest BCUT2D eigenvalue weighted by Gasteiger charge is 1.98. The maximum absolute atomic E-state index is 5.20. The largest absolute Gasteiger partial charge is 0.264 e. The Morgan fingerprint density at radius 1 is 1.38 bits per heavy atom. The number of nitrogens with zero attached hydrogens (tertiary/aromatic N) is 2. The monoisotopic (exact) mass is 170 g/mol. The molecule has 0 saturated heterocycles. The minimum absolute atomic E-state index is 0.728. The van der Waals surface area contributed by atoms with Crippen molar-refractivity contribution in [3.8, 4) is 12.3 Å². The Kier molecular flexibility index (Phi) is 2.01. The molecule has 0 radical (unpaired) electrons. The highest BCUT2D eigenvalue weighted by atomic mass is 15.3. The Labute approximate surface area is 77.2 Å². The Balaban J connectivity index is 2.41. The lowest BCUT2D eigenvalue weighted by Crippen LogP contribution is -1.98. The summed E-state index contributed by atoms with van der Waals surface area (Å²) in [6, 6.07) is 8.12. The van der Waals surface area contributed by atoms with Crippen LogP contribution in [0.4, 0.5) is 0 Å². The zero-order chi connectivity index (χ0) is 9.10. The van der Waals surface area contributed by atoms with Crippen LogP contribution in [-0.4, -0.2) is 9.78 Å². The molecule has 1 aromatic carbocycles. The van der Waals surface area contributed by atoms with Crippen LogP contribution in [0.2, 0.25) is 0 Å². The third-order valence-corrected chi connectivity index (χ3v) is 2.02. The van der Waals surface area contributed by atoms with Gasteiger partial charge in [0.05, 0.1) is 18.3 Å². The van der Waals surface area contributed by atoms with Gasteiger partial charge in [0.25, 0.3) is 0 Å². The van der Waals surface area contributed by atoms with E-state index in [0.29, 0.717) is 0 Å². The molecule has 0 unspecified atom stereocenters. The lowest BCUT2D eigenvalue weighted by atomic mass is 10.2. The standard InChI is InChI=1S/C11H10N2/c1-2-3-8-13-11-7-5-4-6-10(11)9-12-13/h1,4-7,9H,3,8H2. The fraction of sp³-hybridized carbons (Fsp3) is 0.182. The van der Waals surface area contributed by atoms with Crippen LogP contribution in [0.15, 0.2) is 30.5 Å². The number of terminal acetylenes is 1. The van der Waals surface area contributed by atoms with Crippen LogP contribution in [0.25, 0.3) is 10.9 Å². The van der Waals surface area contributed by atoms with E-state index in [2.05, 4.69) is 23.2 Å². The van der Waals surface area contributed by atoms with Crippen molar-refractivity contribution in [2.45, 2.75) is 13.0 Å². The van der Waals surface area contributed by atoms with Crippen molar-refractivity contribution >= 4 is 10.9 Å². The van der Waals surface area contributed by atoms with Crippen LogP contribution < -0.4 is 0 Å². The fourth-order valence-corrected chi connectivity index (χ4v) is 1.37. The van der Waals surface area contributed by atoms with E-state index in [1.54, 1.807) is 0 Å². The van der Waals surface area contributed by atoms with Crippen molar-refractivity contribution in [2.24, 2.45) is 0 Å². The predicted molar refractivity (Wildman–Crippen MR) is 53.2 cm³/mol. The lowest BCUT2D eigenvalue weighted by Gasteiger charge is -1.98. The van der Waals surface area contributed by atoms with Crippen LogP contribution in [0.5, 0.6) is 0 Å². The highest BCUT2D eigenvalue weighted by molar-refractivity contribution is 5.78. The summed E-state index contributed by atoms with van der Waals surface area (Å²) < 4.78 is 1.94. The van der Waals surface area contributed by atoms with Crippen molar-refractivity contribution in [3.63, 3.8) is 0 Å². The minimum atomic E-state index is 0.728. The van der Waals surface area contributed by atoms with E-state index < -0.39 is 0 Å². The second kappa shape index (κ2) is 3.32. The van der Waals surface area contributed by atoms with Crippen LogP contribution >= 0.6 is 0 Å². The summed E-state index contributed by atoms with van der Waals surface area (Å²) in [5.74, 6) is 2.61. The van der Waals surface area contributed by atoms with Gasteiger partial charge in [-0.25, -0.2) is 0 Å². The van der Waals surface area contributed by atoms with Crippen LogP contribution in [-0.2, 0) is 6.54 Å². The molecule has 1 aromatic heterocycles. The van der Waals surface area contributed by atoms with Gasteiger partial charge in [0, 0.05) is 11.8 Å². The molecular formula is C11H10N2. The summed E-state index contributed by atoms with van der Waals surface area (Å²) in [6.45, 7) is 0.796. The molecule has 0 amide bonds. The molecule has 0 saturated carbocycles. The molecule has 0 aliphatic carbocycles. The van der Waals surface area contributed by atoms with Gasteiger partial charge in [0.15, 0.2) is 0 Å². The number of hydrogen-bond acceptors (Lipinski definition) is 1. The zero-order valence-electron chi connectivity index (χ0n) is 7.27. The predicted octanol–water partition coefficient (Wildman–Crippen LogP) is 2.06. The van der Waals surface area contributed by atoms with E-state index >= 15 is 0 Å². The molecule has 2 rings (SSSR count). The Morgan fingerprint density at radius 3 is 3.08 bits per heavy atom. The summed E-state index contributed by atoms with van der Waals surface area (Å²) in [4.78, 5) is 0. The van der Waals surface area contributed by atoms with E-state index in [9.17, 15) is 0 Å². The fourth-order valence-electron chi connectivity index (χ4n) is 1.37. The van der Waals surface area contributed by atoms with Crippen molar-refractivity contribution in [1.29, 1.82) is 0 Å². The van der Waals surface area contributed by atoms with Crippen LogP contribution in [0, 0.1) is 12.3 Å². The average molecular weight is 170 g/mol. The minimum Gasteiger partial charge on any atom is -0.264 e. The molecule has 0 spiro atoms. The molecule has 0 aliphatic rings. The smallest absolute Gasteiger partial charge is 0.0682 e. The number of fused-ring (bicyclic) bond motifs is 1. The third-order valence-electron chi connectivity index (χ3n) is 2.02. The number of para-hydroxylation sites is 1. The first-order chi connectivity index (χ1) is 6.42. The summed E-state index contributed by atoms with van der Waals surface area (Å²) in [6.07, 6.45) is 7.79. The molecule has 64 valence electrons. The van der Waals surface area contributed by atoms with E-state index in [4.69, 9.17) is 6.42 Å². The number of benzene rings is 1. The number of rotatable bonds is 2. The van der Waals surface area contributed by atoms with Gasteiger partial charge in [0.2, 0.25) is 0 Å². The topological polar surface area (TPSA) is 17.8 Å². The van der Waals surface area contributed by atoms with Crippen LogP contribution in [0.1, 0.15) is 6.42 Å². The van der Waals surface area contributed by atoms with Crippen molar-refractivity contribution in [2.75, 3.05) is 0 Å². The second-order valence-corrected chi connectivity index (χ2v) is 2.88. The van der Waals surface area contributed by atoms with Crippen LogP contribution in [0.3, 0.4) is 0 Å². The first-order valence-electron chi connectivity index (χ1n) is 4.26. The van der Waals surface area contributed by atoms with Gasteiger partial charge in [-0.2, -0.15) is 5.10 Å². The van der Waals surface area contributed by atoms with Gasteiger partial charge < -0.3 is 0 Å². The van der Waals surface area contributed by atoms with E-state index in [-0.39, 0.29) is 0 Å². The average Bonchev–Trinajstić information content (AvgIpc) is 2.58. The molecule has 1 heterocycles. The summed E-state index contributed by atoms with van der Waals surface area (Å²) in [5.41, 5.74) is 1.15. The Hall–Kier alpha value is -1.75. The van der Waals surface area contributed by atoms with Gasteiger partial charge >= 0.3 is 0 Å². The number of aromatic nitrogens is 2. The van der Waals surface area contributed by atoms with E-state index in [1.165, 1.54) is 5.39 Å². The summed E-state index contributed by atoms with van der Waals surface area (Å²) >= 11 is 0. The van der Waals surface area contributed by atoms with Gasteiger partial charge in [0.1, 0.15) is 0 Å². The summed E-state index contributed by atoms with van der Waals surface area (Å²) in [7, 11) is 0. The Bertz CT molecular complexity index is 448. The first kappa shape index (κ1) is 7.88. The van der Waals surface area contributed by atoms with Crippen molar-refractivity contribution in [1.82, 2.24) is 9.78 Å². The molecule has 13 heavy (non-hydrogen) atoms. The quantitative estimate of drug-likeness (QED) is 0.631. The number of aryl methyl sites for hydroxylation is 1. The van der Waals surface area contributed by atoms with Gasteiger partial charge in [-0.1, -0.05) is 18.2 Å².